The van der Waals surface area contributed by atoms with E-state index in [0.717, 1.165) is 18.8 Å². The molecule has 0 saturated carbocycles. The molecule has 0 aromatic carbocycles. The highest BCUT2D eigenvalue weighted by Crippen LogP contribution is 2.05. The number of nitrogens with zero attached hydrogens (tertiary/aromatic N) is 4. The average Bonchev–Trinajstić information content (AvgIpc) is 2.76. The van der Waals surface area contributed by atoms with Crippen LogP contribution in [-0.2, 0) is 13.1 Å². The molecule has 1 aromatic heterocycles. The van der Waals surface area contributed by atoms with Crippen LogP contribution in [0.5, 0.6) is 0 Å². The summed E-state index contributed by atoms with van der Waals surface area (Å²) < 4.78 is 1.86. The lowest BCUT2D eigenvalue weighted by atomic mass is 10.1. The molecule has 0 amide bonds. The van der Waals surface area contributed by atoms with Gasteiger partial charge >= 0.3 is 0 Å². The van der Waals surface area contributed by atoms with Crippen molar-refractivity contribution in [1.82, 2.24) is 19.9 Å². The molecule has 2 N–H and O–H groups in total. The summed E-state index contributed by atoms with van der Waals surface area (Å²) in [5.41, 5.74) is 6.34. The summed E-state index contributed by atoms with van der Waals surface area (Å²) in [6.45, 7) is 6.79. The molecule has 0 atom stereocenters. The van der Waals surface area contributed by atoms with E-state index in [1.54, 1.807) is 0 Å². The van der Waals surface area contributed by atoms with Crippen molar-refractivity contribution in [2.24, 2.45) is 5.73 Å². The third kappa shape index (κ3) is 3.57. The number of hydrogen-bond donors (Lipinski definition) is 1. The molecule has 0 saturated heterocycles. The SMILES string of the molecule is CCC(CC)N(C)CCn1cc(CN)nn1. The molecule has 0 radical (unpaired) electrons. The molecule has 0 spiro atoms. The first-order valence-electron chi connectivity index (χ1n) is 6.00. The molecule has 0 unspecified atom stereocenters. The summed E-state index contributed by atoms with van der Waals surface area (Å²) in [6, 6.07) is 0.664. The van der Waals surface area contributed by atoms with Gasteiger partial charge in [0.2, 0.25) is 0 Å². The molecule has 0 fully saturated rings. The van der Waals surface area contributed by atoms with Gasteiger partial charge in [0.05, 0.1) is 12.2 Å². The van der Waals surface area contributed by atoms with Crippen LogP contribution >= 0.6 is 0 Å². The Hall–Kier alpha value is -0.940. The number of nitrogens with two attached hydrogens (primary N) is 1. The quantitative estimate of drug-likeness (QED) is 0.747. The second-order valence-electron chi connectivity index (χ2n) is 4.13. The Labute approximate surface area is 97.6 Å². The van der Waals surface area contributed by atoms with Crippen molar-refractivity contribution < 1.29 is 0 Å². The van der Waals surface area contributed by atoms with Crippen LogP contribution in [0.3, 0.4) is 0 Å². The normalized spacial score (nSPS) is 11.6. The second kappa shape index (κ2) is 6.60. The summed E-state index contributed by atoms with van der Waals surface area (Å²) in [4.78, 5) is 2.38. The van der Waals surface area contributed by atoms with E-state index in [0.29, 0.717) is 12.6 Å². The molecule has 92 valence electrons. The Balaban J connectivity index is 2.38. The van der Waals surface area contributed by atoms with E-state index in [-0.39, 0.29) is 0 Å². The van der Waals surface area contributed by atoms with Gasteiger partial charge in [0.15, 0.2) is 0 Å². The number of likely N-dealkylation sites (N-methyl/N-ethyl adjacent to an activating group) is 1. The van der Waals surface area contributed by atoms with Crippen LogP contribution in [0.1, 0.15) is 32.4 Å². The molecule has 0 aliphatic heterocycles. The standard InChI is InChI=1S/C11H23N5/c1-4-11(5-2)15(3)6-7-16-9-10(8-12)13-14-16/h9,11H,4-8,12H2,1-3H3. The fourth-order valence-electron chi connectivity index (χ4n) is 1.90. The topological polar surface area (TPSA) is 60.0 Å². The lowest BCUT2D eigenvalue weighted by molar-refractivity contribution is 0.218. The second-order valence-corrected chi connectivity index (χ2v) is 4.13. The Morgan fingerprint density at radius 2 is 2.12 bits per heavy atom. The first-order valence-corrected chi connectivity index (χ1v) is 6.00. The summed E-state index contributed by atoms with van der Waals surface area (Å²) in [5.74, 6) is 0. The minimum atomic E-state index is 0.461. The molecule has 16 heavy (non-hydrogen) atoms. The van der Waals surface area contributed by atoms with Gasteiger partial charge in [0.25, 0.3) is 0 Å². The van der Waals surface area contributed by atoms with Gasteiger partial charge in [-0.05, 0) is 19.9 Å². The van der Waals surface area contributed by atoms with Crippen LogP contribution in [0.25, 0.3) is 0 Å². The van der Waals surface area contributed by atoms with Crippen molar-refractivity contribution >= 4 is 0 Å². The van der Waals surface area contributed by atoms with Crippen molar-refractivity contribution in [2.45, 2.75) is 45.8 Å². The maximum Gasteiger partial charge on any atom is 0.0962 e. The highest BCUT2D eigenvalue weighted by atomic mass is 15.4. The molecule has 0 aliphatic rings. The van der Waals surface area contributed by atoms with E-state index in [9.17, 15) is 0 Å². The Morgan fingerprint density at radius 1 is 1.44 bits per heavy atom. The molecular formula is C11H23N5. The minimum absolute atomic E-state index is 0.461. The van der Waals surface area contributed by atoms with E-state index < -0.39 is 0 Å². The van der Waals surface area contributed by atoms with Crippen LogP contribution in [0.2, 0.25) is 0 Å². The van der Waals surface area contributed by atoms with Crippen LogP contribution in [-0.4, -0.2) is 39.5 Å². The van der Waals surface area contributed by atoms with Crippen molar-refractivity contribution in [3.63, 3.8) is 0 Å². The van der Waals surface area contributed by atoms with Crippen LogP contribution in [0, 0.1) is 0 Å². The summed E-state index contributed by atoms with van der Waals surface area (Å²) >= 11 is 0. The zero-order valence-corrected chi connectivity index (χ0v) is 10.6. The smallest absolute Gasteiger partial charge is 0.0962 e. The number of aromatic nitrogens is 3. The Morgan fingerprint density at radius 3 is 2.62 bits per heavy atom. The van der Waals surface area contributed by atoms with Gasteiger partial charge in [-0.15, -0.1) is 5.10 Å². The van der Waals surface area contributed by atoms with Crippen LogP contribution in [0.4, 0.5) is 0 Å². The predicted molar refractivity (Wildman–Crippen MR) is 64.9 cm³/mol. The molecule has 0 bridgehead atoms. The third-order valence-electron chi connectivity index (χ3n) is 3.04. The van der Waals surface area contributed by atoms with Gasteiger partial charge in [-0.25, -0.2) is 0 Å². The van der Waals surface area contributed by atoms with Crippen molar-refractivity contribution in [3.8, 4) is 0 Å². The number of rotatable bonds is 7. The lowest BCUT2D eigenvalue weighted by Gasteiger charge is -2.25. The number of hydrogen-bond acceptors (Lipinski definition) is 4. The van der Waals surface area contributed by atoms with E-state index in [4.69, 9.17) is 5.73 Å². The molecule has 5 heteroatoms. The van der Waals surface area contributed by atoms with E-state index >= 15 is 0 Å². The van der Waals surface area contributed by atoms with Gasteiger partial charge in [-0.3, -0.25) is 4.68 Å². The Bertz CT molecular complexity index is 292. The molecule has 5 nitrogen and oxygen atoms in total. The summed E-state index contributed by atoms with van der Waals surface area (Å²) in [6.07, 6.45) is 4.30. The maximum absolute atomic E-state index is 5.48. The highest BCUT2D eigenvalue weighted by molar-refractivity contribution is 4.90. The monoisotopic (exact) mass is 225 g/mol. The minimum Gasteiger partial charge on any atom is -0.325 e. The third-order valence-corrected chi connectivity index (χ3v) is 3.04. The molecule has 1 heterocycles. The van der Waals surface area contributed by atoms with Gasteiger partial charge in [-0.1, -0.05) is 19.1 Å². The fourth-order valence-corrected chi connectivity index (χ4v) is 1.90. The molecular weight excluding hydrogens is 202 g/mol. The first kappa shape index (κ1) is 13.1. The average molecular weight is 225 g/mol. The Kier molecular flexibility index (Phi) is 5.42. The summed E-state index contributed by atoms with van der Waals surface area (Å²) in [7, 11) is 2.17. The van der Waals surface area contributed by atoms with Gasteiger partial charge in [-0.2, -0.15) is 0 Å². The van der Waals surface area contributed by atoms with Gasteiger partial charge < -0.3 is 10.6 Å². The van der Waals surface area contributed by atoms with Crippen LogP contribution < -0.4 is 5.73 Å². The van der Waals surface area contributed by atoms with Crippen molar-refractivity contribution in [3.05, 3.63) is 11.9 Å². The fraction of sp³-hybridized carbons (Fsp3) is 0.818. The maximum atomic E-state index is 5.48. The van der Waals surface area contributed by atoms with Crippen molar-refractivity contribution in [1.29, 1.82) is 0 Å². The molecule has 1 aromatic rings. The van der Waals surface area contributed by atoms with Gasteiger partial charge in [0, 0.05) is 25.3 Å². The highest BCUT2D eigenvalue weighted by Gasteiger charge is 2.10. The predicted octanol–water partition coefficient (Wildman–Crippen LogP) is 0.857. The summed E-state index contributed by atoms with van der Waals surface area (Å²) in [5, 5.41) is 8.00. The zero-order chi connectivity index (χ0) is 12.0. The van der Waals surface area contributed by atoms with E-state index in [2.05, 4.69) is 36.1 Å². The van der Waals surface area contributed by atoms with E-state index in [1.165, 1.54) is 12.8 Å². The van der Waals surface area contributed by atoms with Crippen molar-refractivity contribution in [2.75, 3.05) is 13.6 Å². The van der Waals surface area contributed by atoms with Gasteiger partial charge in [0.1, 0.15) is 0 Å². The first-order chi connectivity index (χ1) is 7.71. The molecule has 0 aliphatic carbocycles. The largest absolute Gasteiger partial charge is 0.325 e. The van der Waals surface area contributed by atoms with E-state index in [1.807, 2.05) is 10.9 Å². The van der Waals surface area contributed by atoms with Crippen LogP contribution in [0.15, 0.2) is 6.20 Å². The molecule has 1 rings (SSSR count). The zero-order valence-electron chi connectivity index (χ0n) is 10.6. The lowest BCUT2D eigenvalue weighted by Crippen LogP contribution is -2.33.